The highest BCUT2D eigenvalue weighted by Gasteiger charge is 2.41. The Balaban J connectivity index is 1.25. The molecule has 2 aromatic rings. The number of fused-ring (bicyclic) bond motifs is 2. The smallest absolute Gasteiger partial charge is 0.132 e. The van der Waals surface area contributed by atoms with Crippen LogP contribution in [0, 0.1) is 11.8 Å². The van der Waals surface area contributed by atoms with E-state index in [0.717, 1.165) is 43.0 Å². The summed E-state index contributed by atoms with van der Waals surface area (Å²) in [5.41, 5.74) is 5.56. The number of likely N-dealkylation sites (tertiary alicyclic amines) is 1. The first-order chi connectivity index (χ1) is 13.9. The Hall–Kier alpha value is -1.95. The van der Waals surface area contributed by atoms with Gasteiger partial charge in [0.1, 0.15) is 12.1 Å². The minimum Gasteiger partial charge on any atom is -0.356 e. The molecular weight excluding hydrogens is 360 g/mol. The van der Waals surface area contributed by atoms with Crippen molar-refractivity contribution in [3.8, 4) is 0 Å². The first kappa shape index (κ1) is 19.0. The van der Waals surface area contributed by atoms with Gasteiger partial charge < -0.3 is 4.90 Å². The van der Waals surface area contributed by atoms with Crippen molar-refractivity contribution in [1.82, 2.24) is 24.6 Å². The zero-order valence-corrected chi connectivity index (χ0v) is 18.4. The Morgan fingerprint density at radius 3 is 2.45 bits per heavy atom. The zero-order chi connectivity index (χ0) is 20.2. The van der Waals surface area contributed by atoms with Crippen LogP contribution in [0.4, 0.5) is 5.82 Å². The second-order valence-electron chi connectivity index (χ2n) is 10.3. The van der Waals surface area contributed by atoms with E-state index in [4.69, 9.17) is 5.10 Å². The molecule has 1 aliphatic carbocycles. The van der Waals surface area contributed by atoms with Crippen LogP contribution < -0.4 is 4.90 Å². The van der Waals surface area contributed by atoms with Gasteiger partial charge in [-0.1, -0.05) is 20.8 Å². The van der Waals surface area contributed by atoms with Crippen LogP contribution in [0.3, 0.4) is 0 Å². The van der Waals surface area contributed by atoms with Crippen molar-refractivity contribution in [2.45, 2.75) is 58.4 Å². The Bertz CT molecular complexity index is 881. The van der Waals surface area contributed by atoms with Crippen molar-refractivity contribution in [2.24, 2.45) is 18.9 Å². The first-order valence-electron chi connectivity index (χ1n) is 11.2. The van der Waals surface area contributed by atoms with Gasteiger partial charge in [0.25, 0.3) is 0 Å². The van der Waals surface area contributed by atoms with Gasteiger partial charge in [0, 0.05) is 51.3 Å². The lowest BCUT2D eigenvalue weighted by Crippen LogP contribution is -2.30. The van der Waals surface area contributed by atoms with Crippen molar-refractivity contribution in [2.75, 3.05) is 31.1 Å². The summed E-state index contributed by atoms with van der Waals surface area (Å²) in [5, 5.41) is 4.81. The van der Waals surface area contributed by atoms with Crippen molar-refractivity contribution in [1.29, 1.82) is 0 Å². The molecule has 156 valence electrons. The van der Waals surface area contributed by atoms with E-state index in [2.05, 4.69) is 58.3 Å². The summed E-state index contributed by atoms with van der Waals surface area (Å²) in [7, 11) is 2.13. The third-order valence-corrected chi connectivity index (χ3v) is 7.13. The van der Waals surface area contributed by atoms with Gasteiger partial charge in [0.2, 0.25) is 0 Å². The molecule has 2 atom stereocenters. The Labute approximate surface area is 174 Å². The number of aromatic nitrogens is 4. The fourth-order valence-electron chi connectivity index (χ4n) is 5.49. The molecule has 3 aliphatic rings. The topological polar surface area (TPSA) is 50.1 Å². The van der Waals surface area contributed by atoms with Gasteiger partial charge >= 0.3 is 0 Å². The highest BCUT2D eigenvalue weighted by molar-refractivity contribution is 5.42. The fraction of sp³-hybridized carbons (Fsp3) is 0.696. The molecule has 2 aromatic heterocycles. The number of nitrogens with zero attached hydrogens (tertiary/aromatic N) is 6. The van der Waals surface area contributed by atoms with Crippen molar-refractivity contribution >= 4 is 5.82 Å². The standard InChI is InChI=1S/C23H34N6/c1-23(2,3)21-9-22(25-15-24-21)29-12-16-10-28(11-17(16)13-29)14-20-18-7-5-6-8-19(18)26-27(20)4/h9,15-17H,5-8,10-14H2,1-4H3. The van der Waals surface area contributed by atoms with Gasteiger partial charge in [-0.05, 0) is 43.1 Å². The number of anilines is 1. The van der Waals surface area contributed by atoms with Crippen molar-refractivity contribution < 1.29 is 0 Å². The van der Waals surface area contributed by atoms with Crippen molar-refractivity contribution in [3.63, 3.8) is 0 Å². The highest BCUT2D eigenvalue weighted by atomic mass is 15.3. The molecule has 5 rings (SSSR count). The molecule has 4 heterocycles. The van der Waals surface area contributed by atoms with E-state index in [1.165, 1.54) is 50.2 Å². The number of hydrogen-bond acceptors (Lipinski definition) is 5. The second-order valence-corrected chi connectivity index (χ2v) is 10.3. The number of rotatable bonds is 3. The normalized spacial score (nSPS) is 24.8. The van der Waals surface area contributed by atoms with Crippen LogP contribution in [0.1, 0.15) is 56.3 Å². The average molecular weight is 395 g/mol. The predicted octanol–water partition coefficient (Wildman–Crippen LogP) is 2.95. The largest absolute Gasteiger partial charge is 0.356 e. The number of aryl methyl sites for hydroxylation is 2. The molecule has 0 N–H and O–H groups in total. The van der Waals surface area contributed by atoms with Gasteiger partial charge in [-0.3, -0.25) is 9.58 Å². The highest BCUT2D eigenvalue weighted by Crippen LogP contribution is 2.35. The quantitative estimate of drug-likeness (QED) is 0.801. The maximum Gasteiger partial charge on any atom is 0.132 e. The van der Waals surface area contributed by atoms with Crippen LogP contribution in [-0.4, -0.2) is 50.8 Å². The summed E-state index contributed by atoms with van der Waals surface area (Å²) >= 11 is 0. The van der Waals surface area contributed by atoms with E-state index >= 15 is 0 Å². The minimum absolute atomic E-state index is 0.0618. The monoisotopic (exact) mass is 394 g/mol. The lowest BCUT2D eigenvalue weighted by molar-refractivity contribution is 0.299. The zero-order valence-electron chi connectivity index (χ0n) is 18.4. The lowest BCUT2D eigenvalue weighted by atomic mass is 9.92. The molecule has 2 saturated heterocycles. The molecule has 2 fully saturated rings. The maximum absolute atomic E-state index is 4.81. The molecule has 29 heavy (non-hydrogen) atoms. The molecule has 0 radical (unpaired) electrons. The summed E-state index contributed by atoms with van der Waals surface area (Å²) in [6, 6.07) is 2.20. The van der Waals surface area contributed by atoms with E-state index in [9.17, 15) is 0 Å². The van der Waals surface area contributed by atoms with Gasteiger partial charge in [-0.2, -0.15) is 5.10 Å². The van der Waals surface area contributed by atoms with Crippen molar-refractivity contribution in [3.05, 3.63) is 35.0 Å². The first-order valence-corrected chi connectivity index (χ1v) is 11.2. The average Bonchev–Trinajstić information content (AvgIpc) is 3.33. The molecule has 6 nitrogen and oxygen atoms in total. The summed E-state index contributed by atoms with van der Waals surface area (Å²) < 4.78 is 2.16. The Morgan fingerprint density at radius 1 is 1.00 bits per heavy atom. The number of hydrogen-bond donors (Lipinski definition) is 0. The molecule has 2 aliphatic heterocycles. The van der Waals surface area contributed by atoms with E-state index < -0.39 is 0 Å². The lowest BCUT2D eigenvalue weighted by Gasteiger charge is -2.24. The predicted molar refractivity (Wildman–Crippen MR) is 115 cm³/mol. The van der Waals surface area contributed by atoms with Gasteiger partial charge in [0.15, 0.2) is 0 Å². The fourth-order valence-corrected chi connectivity index (χ4v) is 5.49. The van der Waals surface area contributed by atoms with Crippen LogP contribution in [0.25, 0.3) is 0 Å². The van der Waals surface area contributed by atoms with Crippen LogP contribution >= 0.6 is 0 Å². The van der Waals surface area contributed by atoms with Gasteiger partial charge in [-0.15, -0.1) is 0 Å². The second kappa shape index (κ2) is 7.08. The third kappa shape index (κ3) is 3.56. The van der Waals surface area contributed by atoms with Gasteiger partial charge in [-0.25, -0.2) is 9.97 Å². The molecule has 0 aromatic carbocycles. The molecular formula is C23H34N6. The van der Waals surface area contributed by atoms with E-state index in [1.54, 1.807) is 11.9 Å². The SMILES string of the molecule is Cn1nc2c(c1CN1CC3CN(c4cc(C(C)(C)C)ncn4)CC3C1)CCCC2. The molecule has 0 spiro atoms. The third-order valence-electron chi connectivity index (χ3n) is 7.13. The molecule has 6 heteroatoms. The molecule has 0 amide bonds. The Morgan fingerprint density at radius 2 is 1.72 bits per heavy atom. The van der Waals surface area contributed by atoms with E-state index in [-0.39, 0.29) is 5.41 Å². The molecule has 2 unspecified atom stereocenters. The van der Waals surface area contributed by atoms with Crippen LogP contribution in [0.15, 0.2) is 12.4 Å². The summed E-state index contributed by atoms with van der Waals surface area (Å²) in [6.07, 6.45) is 6.74. The van der Waals surface area contributed by atoms with Crippen LogP contribution in [0.2, 0.25) is 0 Å². The van der Waals surface area contributed by atoms with E-state index in [1.807, 2.05) is 0 Å². The maximum atomic E-state index is 4.81. The molecule has 0 saturated carbocycles. The van der Waals surface area contributed by atoms with Gasteiger partial charge in [0.05, 0.1) is 17.1 Å². The van der Waals surface area contributed by atoms with E-state index in [0.29, 0.717) is 0 Å². The summed E-state index contributed by atoms with van der Waals surface area (Å²) in [4.78, 5) is 14.2. The Kier molecular flexibility index (Phi) is 4.65. The minimum atomic E-state index is 0.0618. The summed E-state index contributed by atoms with van der Waals surface area (Å²) in [5.74, 6) is 2.59. The van der Waals surface area contributed by atoms with Crippen LogP contribution in [0.5, 0.6) is 0 Å². The molecule has 0 bridgehead atoms. The summed E-state index contributed by atoms with van der Waals surface area (Å²) in [6.45, 7) is 12.3. The van der Waals surface area contributed by atoms with Crippen LogP contribution in [-0.2, 0) is 31.8 Å².